The number of rotatable bonds is 9. The molecular weight excluding hydrogens is 539 g/mol. The Morgan fingerprint density at radius 2 is 1.87 bits per heavy atom. The Hall–Kier alpha value is 0.300. The summed E-state index contributed by atoms with van der Waals surface area (Å²) >= 11 is 4.24. The molecule has 0 spiro atoms. The highest BCUT2D eigenvalue weighted by Gasteiger charge is 2.42. The van der Waals surface area contributed by atoms with Crippen molar-refractivity contribution in [2.45, 2.75) is 41.0 Å². The van der Waals surface area contributed by atoms with Crippen molar-refractivity contribution in [3.05, 3.63) is 30.3 Å². The van der Waals surface area contributed by atoms with Crippen LogP contribution in [0.15, 0.2) is 30.3 Å². The van der Waals surface area contributed by atoms with Crippen LogP contribution in [-0.2, 0) is 9.36 Å². The maximum Gasteiger partial charge on any atom is 0.309 e. The van der Waals surface area contributed by atoms with Crippen LogP contribution in [0.1, 0.15) is 39.5 Å². The van der Waals surface area contributed by atoms with E-state index in [0.717, 1.165) is 19.3 Å². The largest absolute Gasteiger partial charge is 0.309 e. The molecule has 1 rings (SSSR count). The standard InChI is InChI=1S/C15H24I2N3O2P/c1-3-5-12-19-23(18,22)20(13-9-7-6-8-10-13)14(21)15(16,17)11-4-2/h6-10H,3-5,11-12H2,1-2H3,(H3,18,19,22). The van der Waals surface area contributed by atoms with Gasteiger partial charge in [0.25, 0.3) is 5.91 Å². The molecule has 1 unspecified atom stereocenters. The van der Waals surface area contributed by atoms with Crippen molar-refractivity contribution in [1.82, 2.24) is 5.09 Å². The number of anilines is 1. The molecule has 5 nitrogen and oxygen atoms in total. The number of unbranched alkanes of at least 4 members (excludes halogenated alkanes) is 1. The van der Waals surface area contributed by atoms with Crippen molar-refractivity contribution in [3.8, 4) is 0 Å². The van der Waals surface area contributed by atoms with E-state index in [9.17, 15) is 9.36 Å². The highest BCUT2D eigenvalue weighted by Crippen LogP contribution is 2.46. The van der Waals surface area contributed by atoms with Gasteiger partial charge in [-0.05, 0) is 25.0 Å². The van der Waals surface area contributed by atoms with Crippen molar-refractivity contribution in [2.24, 2.45) is 5.50 Å². The zero-order valence-electron chi connectivity index (χ0n) is 13.5. The van der Waals surface area contributed by atoms with Gasteiger partial charge in [0.05, 0.1) is 5.69 Å². The fourth-order valence-electron chi connectivity index (χ4n) is 2.06. The number of amides is 1. The normalized spacial score (nSPS) is 14.3. The number of nitrogens with zero attached hydrogens (tertiary/aromatic N) is 1. The van der Waals surface area contributed by atoms with Gasteiger partial charge in [0.1, 0.15) is 0 Å². The van der Waals surface area contributed by atoms with Crippen LogP contribution in [0.2, 0.25) is 0 Å². The zero-order chi connectivity index (χ0) is 17.5. The topological polar surface area (TPSA) is 75.4 Å². The van der Waals surface area contributed by atoms with Gasteiger partial charge in [0, 0.05) is 6.54 Å². The molecule has 8 heteroatoms. The number of benzene rings is 1. The van der Waals surface area contributed by atoms with Gasteiger partial charge in [-0.15, -0.1) is 0 Å². The minimum absolute atomic E-state index is 0.235. The lowest BCUT2D eigenvalue weighted by molar-refractivity contribution is -0.117. The second kappa shape index (κ2) is 9.70. The van der Waals surface area contributed by atoms with Crippen LogP contribution in [0.5, 0.6) is 0 Å². The van der Waals surface area contributed by atoms with Crippen LogP contribution in [0.3, 0.4) is 0 Å². The first kappa shape index (κ1) is 21.3. The lowest BCUT2D eigenvalue weighted by atomic mass is 10.2. The van der Waals surface area contributed by atoms with Crippen LogP contribution in [0, 0.1) is 0 Å². The monoisotopic (exact) mass is 563 g/mol. The second-order valence-electron chi connectivity index (χ2n) is 5.29. The first-order valence-electron chi connectivity index (χ1n) is 7.68. The summed E-state index contributed by atoms with van der Waals surface area (Å²) in [7, 11) is -3.51. The lowest BCUT2D eigenvalue weighted by Gasteiger charge is -2.33. The molecule has 0 saturated heterocycles. The van der Waals surface area contributed by atoms with Crippen molar-refractivity contribution < 1.29 is 9.36 Å². The predicted molar refractivity (Wildman–Crippen MR) is 114 cm³/mol. The van der Waals surface area contributed by atoms with E-state index < -0.39 is 9.02 Å². The molecule has 1 aromatic rings. The van der Waals surface area contributed by atoms with Crippen molar-refractivity contribution in [3.63, 3.8) is 0 Å². The summed E-state index contributed by atoms with van der Waals surface area (Å²) in [4.78, 5) is 13.1. The summed E-state index contributed by atoms with van der Waals surface area (Å²) in [5.41, 5.74) is 6.63. The van der Waals surface area contributed by atoms with Crippen LogP contribution in [-0.4, -0.2) is 13.9 Å². The van der Waals surface area contributed by atoms with Crippen molar-refractivity contribution in [2.75, 3.05) is 11.2 Å². The van der Waals surface area contributed by atoms with E-state index in [1.165, 1.54) is 4.67 Å². The molecule has 1 amide bonds. The van der Waals surface area contributed by atoms with Gasteiger partial charge < -0.3 is 0 Å². The molecule has 0 aliphatic carbocycles. The molecule has 23 heavy (non-hydrogen) atoms. The number of hydrogen-bond donors (Lipinski definition) is 2. The summed E-state index contributed by atoms with van der Waals surface area (Å²) < 4.78 is 13.6. The minimum atomic E-state index is -3.51. The Balaban J connectivity index is 3.18. The average Bonchev–Trinajstić information content (AvgIpc) is 2.48. The minimum Gasteiger partial charge on any atom is -0.272 e. The molecule has 0 fully saturated rings. The molecule has 0 saturated carbocycles. The van der Waals surface area contributed by atoms with Gasteiger partial charge in [-0.1, -0.05) is 90.1 Å². The Kier molecular flexibility index (Phi) is 9.00. The van der Waals surface area contributed by atoms with Gasteiger partial charge in [0.2, 0.25) is 0 Å². The molecule has 130 valence electrons. The summed E-state index contributed by atoms with van der Waals surface area (Å²) in [5.74, 6) is -0.235. The smallest absolute Gasteiger partial charge is 0.272 e. The highest BCUT2D eigenvalue weighted by molar-refractivity contribution is 14.2. The molecule has 0 bridgehead atoms. The van der Waals surface area contributed by atoms with Crippen LogP contribution < -0.4 is 15.3 Å². The first-order valence-corrected chi connectivity index (χ1v) is 11.6. The van der Waals surface area contributed by atoms with Crippen molar-refractivity contribution >= 4 is 64.4 Å². The van der Waals surface area contributed by atoms with E-state index in [1.54, 1.807) is 12.1 Å². The SMILES string of the molecule is CCCCNP(N)(=O)N(C(=O)C(I)(I)CCC)c1ccccc1. The molecule has 1 atom stereocenters. The Morgan fingerprint density at radius 3 is 2.39 bits per heavy atom. The van der Waals surface area contributed by atoms with E-state index in [0.29, 0.717) is 18.7 Å². The molecular formula is C15H24I2N3O2P. The number of nitrogens with one attached hydrogen (secondary N) is 1. The number of nitrogens with two attached hydrogens (primary N) is 1. The predicted octanol–water partition coefficient (Wildman–Crippen LogP) is 4.84. The van der Waals surface area contributed by atoms with E-state index in [-0.39, 0.29) is 5.91 Å². The quantitative estimate of drug-likeness (QED) is 0.195. The summed E-state index contributed by atoms with van der Waals surface area (Å²) in [6.45, 7) is 4.59. The Morgan fingerprint density at radius 1 is 1.26 bits per heavy atom. The molecule has 0 aromatic heterocycles. The van der Waals surface area contributed by atoms with Crippen LogP contribution in [0.25, 0.3) is 0 Å². The third-order valence-electron chi connectivity index (χ3n) is 3.24. The van der Waals surface area contributed by atoms with Gasteiger partial charge in [-0.3, -0.25) is 14.9 Å². The van der Waals surface area contributed by atoms with E-state index in [2.05, 4.69) is 50.3 Å². The Bertz CT molecular complexity index is 555. The fourth-order valence-corrected chi connectivity index (χ4v) is 5.54. The van der Waals surface area contributed by atoms with E-state index >= 15 is 0 Å². The van der Waals surface area contributed by atoms with Gasteiger partial charge in [-0.2, -0.15) is 0 Å². The maximum atomic E-state index is 13.1. The molecule has 0 aliphatic rings. The molecule has 0 heterocycles. The summed E-state index contributed by atoms with van der Waals surface area (Å²) in [6.07, 6.45) is 3.36. The molecule has 1 aromatic carbocycles. The van der Waals surface area contributed by atoms with Gasteiger partial charge >= 0.3 is 7.59 Å². The number of halogens is 2. The van der Waals surface area contributed by atoms with E-state index in [4.69, 9.17) is 5.50 Å². The van der Waals surface area contributed by atoms with E-state index in [1.807, 2.05) is 32.0 Å². The zero-order valence-corrected chi connectivity index (χ0v) is 18.7. The number of hydrogen-bond acceptors (Lipinski definition) is 2. The number of carbonyl (C=O) groups excluding carboxylic acids is 1. The summed E-state index contributed by atoms with van der Waals surface area (Å²) in [5, 5.41) is 2.89. The number of para-hydroxylation sites is 1. The van der Waals surface area contributed by atoms with Crippen LogP contribution >= 0.6 is 52.8 Å². The molecule has 0 radical (unpaired) electrons. The summed E-state index contributed by atoms with van der Waals surface area (Å²) in [6, 6.07) is 8.99. The van der Waals surface area contributed by atoms with Crippen molar-refractivity contribution in [1.29, 1.82) is 0 Å². The maximum absolute atomic E-state index is 13.1. The second-order valence-corrected chi connectivity index (χ2v) is 13.0. The third kappa shape index (κ3) is 6.26. The molecule has 3 N–H and O–H groups in total. The van der Waals surface area contributed by atoms with Gasteiger partial charge in [0.15, 0.2) is 1.43 Å². The number of alkyl halides is 2. The van der Waals surface area contributed by atoms with Crippen LogP contribution in [0.4, 0.5) is 5.69 Å². The third-order valence-corrected chi connectivity index (χ3v) is 6.92. The fraction of sp³-hybridized carbons (Fsp3) is 0.533. The lowest BCUT2D eigenvalue weighted by Crippen LogP contribution is -2.44. The number of carbonyl (C=O) groups is 1. The average molecular weight is 563 g/mol. The molecule has 0 aliphatic heterocycles. The Labute approximate surface area is 166 Å². The highest BCUT2D eigenvalue weighted by atomic mass is 127. The first-order chi connectivity index (χ1) is 10.8. The van der Waals surface area contributed by atoms with Gasteiger partial charge in [-0.25, -0.2) is 9.76 Å².